The van der Waals surface area contributed by atoms with Gasteiger partial charge in [-0.2, -0.15) is 0 Å². The van der Waals surface area contributed by atoms with Crippen LogP contribution in [-0.4, -0.2) is 21.6 Å². The molecule has 0 spiro atoms. The van der Waals surface area contributed by atoms with Crippen LogP contribution in [0.15, 0.2) is 77.8 Å². The zero-order valence-corrected chi connectivity index (χ0v) is 17.8. The third kappa shape index (κ3) is 5.23. The van der Waals surface area contributed by atoms with Crippen molar-refractivity contribution in [1.29, 1.82) is 0 Å². The number of pyridine rings is 1. The molecule has 4 rings (SSSR count). The molecule has 30 heavy (non-hydrogen) atoms. The molecule has 0 N–H and O–H groups in total. The van der Waals surface area contributed by atoms with E-state index in [4.69, 9.17) is 0 Å². The Hall–Kier alpha value is -2.77. The summed E-state index contributed by atoms with van der Waals surface area (Å²) in [5, 5.41) is 0.693. The van der Waals surface area contributed by atoms with Crippen molar-refractivity contribution in [3.8, 4) is 0 Å². The van der Waals surface area contributed by atoms with Gasteiger partial charge in [-0.05, 0) is 60.7 Å². The Balaban J connectivity index is 1.44. The van der Waals surface area contributed by atoms with Gasteiger partial charge in [-0.1, -0.05) is 29.5 Å². The maximum absolute atomic E-state index is 13.1. The van der Waals surface area contributed by atoms with Crippen LogP contribution in [0.3, 0.4) is 0 Å². The minimum Gasteiger partial charge on any atom is -0.282 e. The molecule has 7 heteroatoms. The van der Waals surface area contributed by atoms with Crippen LogP contribution < -0.4 is 4.90 Å². The molecule has 0 saturated heterocycles. The molecule has 0 bridgehead atoms. The van der Waals surface area contributed by atoms with Gasteiger partial charge in [0.2, 0.25) is 5.91 Å². The first-order chi connectivity index (χ1) is 14.7. The molecule has 0 atom stereocenters. The van der Waals surface area contributed by atoms with E-state index < -0.39 is 0 Å². The molecule has 2 aromatic heterocycles. The number of carbonyl (C=O) groups excluding carboxylic acids is 1. The van der Waals surface area contributed by atoms with Gasteiger partial charge in [0.1, 0.15) is 5.82 Å². The zero-order chi connectivity index (χ0) is 20.8. The van der Waals surface area contributed by atoms with E-state index in [1.807, 2.05) is 42.5 Å². The van der Waals surface area contributed by atoms with E-state index >= 15 is 0 Å². The topological polar surface area (TPSA) is 46.1 Å². The lowest BCUT2D eigenvalue weighted by molar-refractivity contribution is -0.118. The Morgan fingerprint density at radius 2 is 1.83 bits per heavy atom. The van der Waals surface area contributed by atoms with Gasteiger partial charge in [0.05, 0.1) is 22.5 Å². The summed E-state index contributed by atoms with van der Waals surface area (Å²) in [7, 11) is 0. The van der Waals surface area contributed by atoms with Crippen molar-refractivity contribution in [2.24, 2.45) is 0 Å². The van der Waals surface area contributed by atoms with E-state index in [1.54, 1.807) is 35.0 Å². The molecule has 0 radical (unpaired) electrons. The fourth-order valence-corrected chi connectivity index (χ4v) is 4.81. The Kier molecular flexibility index (Phi) is 6.71. The summed E-state index contributed by atoms with van der Waals surface area (Å²) >= 11 is 3.14. The second-order valence-electron chi connectivity index (χ2n) is 6.67. The normalized spacial score (nSPS) is 11.0. The number of rotatable bonds is 8. The predicted molar refractivity (Wildman–Crippen MR) is 121 cm³/mol. The third-order valence-electron chi connectivity index (χ3n) is 4.48. The molecular weight excluding hydrogens is 417 g/mol. The molecule has 0 aliphatic heterocycles. The number of halogens is 1. The molecule has 0 saturated carbocycles. The molecule has 2 heterocycles. The van der Waals surface area contributed by atoms with Gasteiger partial charge < -0.3 is 0 Å². The number of hydrogen-bond acceptors (Lipinski definition) is 5. The Bertz CT molecular complexity index is 1080. The predicted octanol–water partition coefficient (Wildman–Crippen LogP) is 5.94. The summed E-state index contributed by atoms with van der Waals surface area (Å²) in [6.07, 6.45) is 2.87. The maximum Gasteiger partial charge on any atom is 0.229 e. The summed E-state index contributed by atoms with van der Waals surface area (Å²) in [4.78, 5) is 24.9. The van der Waals surface area contributed by atoms with Crippen LogP contribution in [0.25, 0.3) is 10.2 Å². The molecular formula is C23H20FN3OS2. The monoisotopic (exact) mass is 437 g/mol. The first-order valence-corrected chi connectivity index (χ1v) is 11.4. The lowest BCUT2D eigenvalue weighted by atomic mass is 10.2. The van der Waals surface area contributed by atoms with Gasteiger partial charge in [0, 0.05) is 17.5 Å². The molecule has 4 aromatic rings. The highest BCUT2D eigenvalue weighted by molar-refractivity contribution is 7.99. The SMILES string of the molecule is O=C(CCCSc1ccc(F)cc1)N(Cc1ccccn1)c1nc2ccccc2s1. The number of aromatic nitrogens is 2. The number of anilines is 1. The number of amides is 1. The Labute approximate surface area is 182 Å². The van der Waals surface area contributed by atoms with Crippen LogP contribution in [0, 0.1) is 5.82 Å². The molecule has 0 aliphatic carbocycles. The third-order valence-corrected chi connectivity index (χ3v) is 6.64. The largest absolute Gasteiger partial charge is 0.282 e. The van der Waals surface area contributed by atoms with Gasteiger partial charge in [-0.25, -0.2) is 9.37 Å². The smallest absolute Gasteiger partial charge is 0.229 e. The number of thioether (sulfide) groups is 1. The average Bonchev–Trinajstić information content (AvgIpc) is 3.21. The Morgan fingerprint density at radius 3 is 2.60 bits per heavy atom. The number of carbonyl (C=O) groups is 1. The minimum atomic E-state index is -0.240. The highest BCUT2D eigenvalue weighted by atomic mass is 32.2. The van der Waals surface area contributed by atoms with Crippen molar-refractivity contribution in [3.05, 3.63) is 84.4 Å². The van der Waals surface area contributed by atoms with E-state index in [9.17, 15) is 9.18 Å². The summed E-state index contributed by atoms with van der Waals surface area (Å²) in [6, 6.07) is 20.0. The summed E-state index contributed by atoms with van der Waals surface area (Å²) < 4.78 is 14.1. The highest BCUT2D eigenvalue weighted by Gasteiger charge is 2.20. The van der Waals surface area contributed by atoms with Crippen LogP contribution in [0.1, 0.15) is 18.5 Å². The lowest BCUT2D eigenvalue weighted by Gasteiger charge is -2.19. The molecule has 4 nitrogen and oxygen atoms in total. The molecule has 0 fully saturated rings. The van der Waals surface area contributed by atoms with Gasteiger partial charge >= 0.3 is 0 Å². The molecule has 152 valence electrons. The van der Waals surface area contributed by atoms with E-state index in [1.165, 1.54) is 23.5 Å². The molecule has 1 amide bonds. The summed E-state index contributed by atoms with van der Waals surface area (Å²) in [6.45, 7) is 0.393. The molecule has 0 aliphatic rings. The van der Waals surface area contributed by atoms with Crippen LogP contribution in [0.5, 0.6) is 0 Å². The van der Waals surface area contributed by atoms with Crippen molar-refractivity contribution in [2.75, 3.05) is 10.7 Å². The number of nitrogens with zero attached hydrogens (tertiary/aromatic N) is 3. The zero-order valence-electron chi connectivity index (χ0n) is 16.2. The van der Waals surface area contributed by atoms with Crippen molar-refractivity contribution in [1.82, 2.24) is 9.97 Å². The van der Waals surface area contributed by atoms with Gasteiger partial charge in [0.15, 0.2) is 5.13 Å². The van der Waals surface area contributed by atoms with Crippen molar-refractivity contribution in [3.63, 3.8) is 0 Å². The fraction of sp³-hybridized carbons (Fsp3) is 0.174. The number of benzene rings is 2. The molecule has 0 unspecified atom stereocenters. The van der Waals surface area contributed by atoms with Crippen molar-refractivity contribution < 1.29 is 9.18 Å². The minimum absolute atomic E-state index is 0.0272. The van der Waals surface area contributed by atoms with E-state index in [2.05, 4.69) is 9.97 Å². The lowest BCUT2D eigenvalue weighted by Crippen LogP contribution is -2.30. The first-order valence-electron chi connectivity index (χ1n) is 9.63. The van der Waals surface area contributed by atoms with Crippen molar-refractivity contribution >= 4 is 44.4 Å². The Morgan fingerprint density at radius 1 is 1.03 bits per heavy atom. The standard InChI is InChI=1S/C23H20FN3OS2/c24-17-10-12-19(13-11-17)29-15-5-9-22(28)27(16-18-6-3-4-14-25-18)23-26-20-7-1-2-8-21(20)30-23/h1-4,6-8,10-14H,5,9,15-16H2. The first kappa shape index (κ1) is 20.5. The van der Waals surface area contributed by atoms with Crippen LogP contribution >= 0.6 is 23.1 Å². The van der Waals surface area contributed by atoms with Crippen LogP contribution in [-0.2, 0) is 11.3 Å². The van der Waals surface area contributed by atoms with E-state index in [0.717, 1.165) is 33.0 Å². The van der Waals surface area contributed by atoms with Gasteiger partial charge in [0.25, 0.3) is 0 Å². The summed E-state index contributed by atoms with van der Waals surface area (Å²) in [5.74, 6) is 0.573. The molecule has 2 aromatic carbocycles. The van der Waals surface area contributed by atoms with Crippen molar-refractivity contribution in [2.45, 2.75) is 24.3 Å². The number of para-hydroxylation sites is 1. The summed E-state index contributed by atoms with van der Waals surface area (Å²) in [5.41, 5.74) is 1.72. The maximum atomic E-state index is 13.1. The van der Waals surface area contributed by atoms with E-state index in [0.29, 0.717) is 18.1 Å². The average molecular weight is 438 g/mol. The van der Waals surface area contributed by atoms with Gasteiger partial charge in [-0.3, -0.25) is 14.7 Å². The fourth-order valence-electron chi connectivity index (χ4n) is 2.97. The van der Waals surface area contributed by atoms with E-state index in [-0.39, 0.29) is 11.7 Å². The number of fused-ring (bicyclic) bond motifs is 1. The van der Waals surface area contributed by atoms with Crippen LogP contribution in [0.2, 0.25) is 0 Å². The second-order valence-corrected chi connectivity index (χ2v) is 8.85. The quantitative estimate of drug-likeness (QED) is 0.253. The second kappa shape index (κ2) is 9.82. The number of hydrogen-bond donors (Lipinski definition) is 0. The highest BCUT2D eigenvalue weighted by Crippen LogP contribution is 2.30. The van der Waals surface area contributed by atoms with Gasteiger partial charge in [-0.15, -0.1) is 11.8 Å². The van der Waals surface area contributed by atoms with Crippen LogP contribution in [0.4, 0.5) is 9.52 Å². The number of thiazole rings is 1.